The predicted octanol–water partition coefficient (Wildman–Crippen LogP) is 5.50. The number of amides is 1. The van der Waals surface area contributed by atoms with Gasteiger partial charge in [0.25, 0.3) is 5.91 Å². The van der Waals surface area contributed by atoms with Crippen molar-refractivity contribution in [2.24, 2.45) is 0 Å². The normalized spacial score (nSPS) is 12.2. The maximum Gasteiger partial charge on any atom is 0.272 e. The fourth-order valence-corrected chi connectivity index (χ4v) is 4.08. The molecule has 0 saturated heterocycles. The van der Waals surface area contributed by atoms with E-state index >= 15 is 0 Å². The topological polar surface area (TPSA) is 70.7 Å². The first-order valence-corrected chi connectivity index (χ1v) is 10.8. The maximum atomic E-state index is 13.1. The average molecular weight is 421 g/mol. The molecule has 2 N–H and O–H groups in total. The van der Waals surface area contributed by atoms with E-state index in [1.54, 1.807) is 0 Å². The third-order valence-corrected chi connectivity index (χ3v) is 5.87. The lowest BCUT2D eigenvalue weighted by atomic mass is 10.0. The Labute approximate surface area is 186 Å². The maximum absolute atomic E-state index is 13.1. The third kappa shape index (κ3) is 3.85. The Bertz CT molecular complexity index is 1420. The van der Waals surface area contributed by atoms with Crippen molar-refractivity contribution in [2.45, 2.75) is 26.3 Å². The number of nitrogens with zero attached hydrogens (tertiary/aromatic N) is 2. The molecule has 158 valence electrons. The van der Waals surface area contributed by atoms with Crippen LogP contribution in [0.5, 0.6) is 0 Å². The van der Waals surface area contributed by atoms with Crippen LogP contribution in [0.1, 0.15) is 45.8 Å². The van der Waals surface area contributed by atoms with Gasteiger partial charge in [0.1, 0.15) is 0 Å². The second-order valence-corrected chi connectivity index (χ2v) is 8.22. The molecule has 1 atom stereocenters. The standard InChI is InChI=1S/C27H24N4O/c1-17-10-12-19(13-11-17)18(2)29-27(32)26-25-21(8-5-9-24(25)30-31-26)15-23-14-20-6-3-4-7-22(20)16-28-23/h3-14,16,18H,15H2,1-2H3,(H,29,32)(H,30,31)/t18-/m0/s1. The van der Waals surface area contributed by atoms with E-state index in [4.69, 9.17) is 0 Å². The molecule has 32 heavy (non-hydrogen) atoms. The number of pyridine rings is 1. The van der Waals surface area contributed by atoms with Gasteiger partial charge in [-0.2, -0.15) is 5.10 Å². The molecule has 0 unspecified atom stereocenters. The number of carbonyl (C=O) groups is 1. The van der Waals surface area contributed by atoms with Crippen molar-refractivity contribution in [2.75, 3.05) is 0 Å². The first-order chi connectivity index (χ1) is 15.6. The van der Waals surface area contributed by atoms with Crippen molar-refractivity contribution in [3.63, 3.8) is 0 Å². The van der Waals surface area contributed by atoms with Crippen molar-refractivity contribution < 1.29 is 4.79 Å². The second kappa shape index (κ2) is 8.27. The average Bonchev–Trinajstić information content (AvgIpc) is 3.25. The molecule has 1 amide bonds. The molecular formula is C27H24N4O. The van der Waals surface area contributed by atoms with Gasteiger partial charge in [-0.3, -0.25) is 14.9 Å². The van der Waals surface area contributed by atoms with Crippen LogP contribution in [0.25, 0.3) is 21.7 Å². The van der Waals surface area contributed by atoms with Gasteiger partial charge in [0.2, 0.25) is 0 Å². The highest BCUT2D eigenvalue weighted by molar-refractivity contribution is 6.06. The molecule has 0 spiro atoms. The van der Waals surface area contributed by atoms with Crippen LogP contribution in [-0.4, -0.2) is 21.1 Å². The Morgan fingerprint density at radius 2 is 1.78 bits per heavy atom. The Balaban J connectivity index is 1.45. The summed E-state index contributed by atoms with van der Waals surface area (Å²) < 4.78 is 0. The summed E-state index contributed by atoms with van der Waals surface area (Å²) in [4.78, 5) is 17.8. The van der Waals surface area contributed by atoms with Crippen LogP contribution < -0.4 is 5.32 Å². The lowest BCUT2D eigenvalue weighted by Crippen LogP contribution is -2.27. The van der Waals surface area contributed by atoms with Crippen LogP contribution in [-0.2, 0) is 6.42 Å². The smallest absolute Gasteiger partial charge is 0.272 e. The number of hydrogen-bond acceptors (Lipinski definition) is 3. The Hall–Kier alpha value is -3.99. The number of hydrogen-bond donors (Lipinski definition) is 2. The van der Waals surface area contributed by atoms with Gasteiger partial charge < -0.3 is 5.32 Å². The molecule has 0 aliphatic carbocycles. The summed E-state index contributed by atoms with van der Waals surface area (Å²) in [5.74, 6) is -0.191. The van der Waals surface area contributed by atoms with Crippen molar-refractivity contribution in [3.8, 4) is 0 Å². The molecule has 5 nitrogen and oxygen atoms in total. The van der Waals surface area contributed by atoms with Crippen molar-refractivity contribution in [1.82, 2.24) is 20.5 Å². The lowest BCUT2D eigenvalue weighted by Gasteiger charge is -2.14. The molecule has 0 radical (unpaired) electrons. The highest BCUT2D eigenvalue weighted by Gasteiger charge is 2.19. The third-order valence-electron chi connectivity index (χ3n) is 5.87. The Kier molecular flexibility index (Phi) is 5.15. The number of aromatic amines is 1. The van der Waals surface area contributed by atoms with Gasteiger partial charge in [0, 0.05) is 29.1 Å². The molecule has 5 rings (SSSR count). The van der Waals surface area contributed by atoms with Crippen LogP contribution >= 0.6 is 0 Å². The van der Waals surface area contributed by atoms with Crippen molar-refractivity contribution >= 4 is 27.6 Å². The Morgan fingerprint density at radius 1 is 1.00 bits per heavy atom. The number of nitrogens with one attached hydrogen (secondary N) is 2. The summed E-state index contributed by atoms with van der Waals surface area (Å²) in [7, 11) is 0. The van der Waals surface area contributed by atoms with Crippen LogP contribution in [0.15, 0.2) is 79.0 Å². The minimum atomic E-state index is -0.191. The molecular weight excluding hydrogens is 396 g/mol. The van der Waals surface area contributed by atoms with Gasteiger partial charge >= 0.3 is 0 Å². The molecule has 5 heteroatoms. The van der Waals surface area contributed by atoms with Gasteiger partial charge in [0.05, 0.1) is 11.6 Å². The van der Waals surface area contributed by atoms with E-state index in [1.807, 2.05) is 55.6 Å². The van der Waals surface area contributed by atoms with Crippen molar-refractivity contribution in [1.29, 1.82) is 0 Å². The summed E-state index contributed by atoms with van der Waals surface area (Å²) in [6, 6.07) is 24.3. The van der Waals surface area contributed by atoms with Gasteiger partial charge in [-0.1, -0.05) is 66.2 Å². The first kappa shape index (κ1) is 19.9. The molecule has 0 bridgehead atoms. The number of H-pyrrole nitrogens is 1. The zero-order chi connectivity index (χ0) is 22.1. The van der Waals surface area contributed by atoms with Crippen molar-refractivity contribution in [3.05, 3.63) is 107 Å². The fraction of sp³-hybridized carbons (Fsp3) is 0.148. The zero-order valence-corrected chi connectivity index (χ0v) is 18.1. The van der Waals surface area contributed by atoms with Gasteiger partial charge in [-0.25, -0.2) is 0 Å². The highest BCUT2D eigenvalue weighted by atomic mass is 16.2. The van der Waals surface area contributed by atoms with E-state index in [2.05, 4.69) is 57.8 Å². The molecule has 0 aliphatic rings. The van der Waals surface area contributed by atoms with Crippen LogP contribution in [0, 0.1) is 6.92 Å². The molecule has 0 aliphatic heterocycles. The summed E-state index contributed by atoms with van der Waals surface area (Å²) in [6.07, 6.45) is 2.52. The number of benzene rings is 3. The second-order valence-electron chi connectivity index (χ2n) is 8.22. The Morgan fingerprint density at radius 3 is 2.59 bits per heavy atom. The van der Waals surface area contributed by atoms with E-state index in [0.29, 0.717) is 12.1 Å². The molecule has 0 saturated carbocycles. The number of aryl methyl sites for hydroxylation is 1. The van der Waals surface area contributed by atoms with Gasteiger partial charge in [0.15, 0.2) is 5.69 Å². The minimum Gasteiger partial charge on any atom is -0.344 e. The summed E-state index contributed by atoms with van der Waals surface area (Å²) >= 11 is 0. The summed E-state index contributed by atoms with van der Waals surface area (Å²) in [5, 5.41) is 13.6. The first-order valence-electron chi connectivity index (χ1n) is 10.8. The SMILES string of the molecule is Cc1ccc([C@H](C)NC(=O)c2n[nH]c3cccc(Cc4cc5ccccc5cn4)c23)cc1. The monoisotopic (exact) mass is 420 g/mol. The van der Waals surface area contributed by atoms with E-state index in [1.165, 1.54) is 5.56 Å². The van der Waals surface area contributed by atoms with E-state index < -0.39 is 0 Å². The largest absolute Gasteiger partial charge is 0.344 e. The fourth-order valence-electron chi connectivity index (χ4n) is 4.08. The van der Waals surface area contributed by atoms with E-state index in [9.17, 15) is 4.79 Å². The predicted molar refractivity (Wildman–Crippen MR) is 128 cm³/mol. The minimum absolute atomic E-state index is 0.121. The molecule has 2 aromatic heterocycles. The molecule has 3 aromatic carbocycles. The number of fused-ring (bicyclic) bond motifs is 2. The van der Waals surface area contributed by atoms with Crippen LogP contribution in [0.4, 0.5) is 0 Å². The lowest BCUT2D eigenvalue weighted by molar-refractivity contribution is 0.0936. The molecule has 5 aromatic rings. The molecule has 2 heterocycles. The van der Waals surface area contributed by atoms with Gasteiger partial charge in [-0.15, -0.1) is 0 Å². The summed E-state index contributed by atoms with van der Waals surface area (Å²) in [6.45, 7) is 4.03. The van der Waals surface area contributed by atoms with Crippen LogP contribution in [0.2, 0.25) is 0 Å². The quantitative estimate of drug-likeness (QED) is 0.394. The van der Waals surface area contributed by atoms with E-state index in [-0.39, 0.29) is 11.9 Å². The van der Waals surface area contributed by atoms with Crippen LogP contribution in [0.3, 0.4) is 0 Å². The highest BCUT2D eigenvalue weighted by Crippen LogP contribution is 2.25. The van der Waals surface area contributed by atoms with E-state index in [0.717, 1.165) is 38.5 Å². The molecule has 0 fully saturated rings. The number of aromatic nitrogens is 3. The van der Waals surface area contributed by atoms with Gasteiger partial charge in [-0.05, 0) is 42.5 Å². The zero-order valence-electron chi connectivity index (χ0n) is 18.1. The summed E-state index contributed by atoms with van der Waals surface area (Å²) in [5.41, 5.74) is 5.48. The number of carbonyl (C=O) groups excluding carboxylic acids is 1. The number of rotatable bonds is 5.